The van der Waals surface area contributed by atoms with Gasteiger partial charge in [0, 0.05) is 11.4 Å². The summed E-state index contributed by atoms with van der Waals surface area (Å²) >= 11 is 0.842. The van der Waals surface area contributed by atoms with Crippen molar-refractivity contribution in [3.8, 4) is 0 Å². The van der Waals surface area contributed by atoms with Crippen LogP contribution in [0.4, 0.5) is 5.95 Å². The molecule has 0 amide bonds. The normalized spacial score (nSPS) is 11.3. The molecule has 0 radical (unpaired) electrons. The maximum atomic E-state index is 12.2. The maximum Gasteiger partial charge on any atom is 0.347 e. The molecule has 7 nitrogen and oxygen atoms in total. The van der Waals surface area contributed by atoms with E-state index in [9.17, 15) is 13.2 Å². The third kappa shape index (κ3) is 2.94. The smallest absolute Gasteiger partial charge is 0.347 e. The first-order chi connectivity index (χ1) is 9.29. The SMILES string of the molecule is Cc1cc(C)nc(NS(=O)(=O)c2ccsc2C(=O)O)n1. The van der Waals surface area contributed by atoms with E-state index < -0.39 is 16.0 Å². The van der Waals surface area contributed by atoms with Crippen molar-refractivity contribution in [3.63, 3.8) is 0 Å². The van der Waals surface area contributed by atoms with Crippen molar-refractivity contribution in [1.29, 1.82) is 0 Å². The molecule has 0 fully saturated rings. The van der Waals surface area contributed by atoms with Crippen LogP contribution < -0.4 is 4.72 Å². The molecule has 0 aliphatic heterocycles. The molecule has 0 aliphatic rings. The predicted molar refractivity (Wildman–Crippen MR) is 73.6 cm³/mol. The molecular weight excluding hydrogens is 302 g/mol. The van der Waals surface area contributed by atoms with Crippen molar-refractivity contribution >= 4 is 33.3 Å². The van der Waals surface area contributed by atoms with Gasteiger partial charge in [0.25, 0.3) is 10.0 Å². The van der Waals surface area contributed by atoms with Gasteiger partial charge in [-0.2, -0.15) is 0 Å². The number of hydrogen-bond acceptors (Lipinski definition) is 6. The number of aromatic carboxylic acids is 1. The Kier molecular flexibility index (Phi) is 3.73. The van der Waals surface area contributed by atoms with Gasteiger partial charge in [-0.3, -0.25) is 0 Å². The number of carbonyl (C=O) groups is 1. The van der Waals surface area contributed by atoms with E-state index in [0.717, 1.165) is 11.3 Å². The number of aryl methyl sites for hydroxylation is 2. The lowest BCUT2D eigenvalue weighted by Crippen LogP contribution is -2.17. The van der Waals surface area contributed by atoms with Gasteiger partial charge >= 0.3 is 5.97 Å². The Morgan fingerprint density at radius 1 is 1.30 bits per heavy atom. The van der Waals surface area contributed by atoms with E-state index in [1.807, 2.05) is 0 Å². The fourth-order valence-corrected chi connectivity index (χ4v) is 3.82. The molecule has 0 atom stereocenters. The van der Waals surface area contributed by atoms with E-state index in [1.165, 1.54) is 11.4 Å². The van der Waals surface area contributed by atoms with Crippen LogP contribution in [-0.2, 0) is 10.0 Å². The molecule has 2 aromatic heterocycles. The highest BCUT2D eigenvalue weighted by atomic mass is 32.2. The first-order valence-electron chi connectivity index (χ1n) is 5.45. The summed E-state index contributed by atoms with van der Waals surface area (Å²) in [6.45, 7) is 3.42. The third-order valence-corrected chi connectivity index (χ3v) is 4.72. The third-order valence-electron chi connectivity index (χ3n) is 2.32. The number of aromatic nitrogens is 2. The van der Waals surface area contributed by atoms with Gasteiger partial charge in [0.15, 0.2) is 0 Å². The molecule has 0 spiro atoms. The zero-order chi connectivity index (χ0) is 14.9. The summed E-state index contributed by atoms with van der Waals surface area (Å²) in [4.78, 5) is 18.4. The minimum Gasteiger partial charge on any atom is -0.477 e. The van der Waals surface area contributed by atoms with Crippen LogP contribution in [0.3, 0.4) is 0 Å². The monoisotopic (exact) mass is 313 g/mol. The molecule has 20 heavy (non-hydrogen) atoms. The second kappa shape index (κ2) is 5.17. The standard InChI is InChI=1S/C11H11N3O4S2/c1-6-5-7(2)13-11(12-6)14-20(17,18)8-3-4-19-9(8)10(15)16/h3-5H,1-2H3,(H,15,16)(H,12,13,14). The van der Waals surface area contributed by atoms with Crippen molar-refractivity contribution in [2.75, 3.05) is 4.72 Å². The van der Waals surface area contributed by atoms with Gasteiger partial charge < -0.3 is 5.11 Å². The fourth-order valence-electron chi connectivity index (χ4n) is 1.61. The van der Waals surface area contributed by atoms with Crippen molar-refractivity contribution in [1.82, 2.24) is 9.97 Å². The molecule has 106 valence electrons. The molecule has 0 aliphatic carbocycles. The van der Waals surface area contributed by atoms with Crippen LogP contribution in [0.25, 0.3) is 0 Å². The number of rotatable bonds is 4. The molecule has 9 heteroatoms. The van der Waals surface area contributed by atoms with Crippen LogP contribution in [-0.4, -0.2) is 29.5 Å². The van der Waals surface area contributed by atoms with Gasteiger partial charge in [0.05, 0.1) is 0 Å². The molecule has 2 rings (SSSR count). The second-order valence-electron chi connectivity index (χ2n) is 4.00. The van der Waals surface area contributed by atoms with E-state index in [2.05, 4.69) is 14.7 Å². The first-order valence-corrected chi connectivity index (χ1v) is 7.82. The summed E-state index contributed by atoms with van der Waals surface area (Å²) in [6.07, 6.45) is 0. The predicted octanol–water partition coefficient (Wildman–Crippen LogP) is 1.65. The molecule has 0 bridgehead atoms. The molecular formula is C11H11N3O4S2. The van der Waals surface area contributed by atoms with Crippen molar-refractivity contribution < 1.29 is 18.3 Å². The number of carboxylic acid groups (broad SMARTS) is 1. The minimum atomic E-state index is -4.02. The summed E-state index contributed by atoms with van der Waals surface area (Å²) in [5, 5.41) is 10.4. The highest BCUT2D eigenvalue weighted by Gasteiger charge is 2.24. The zero-order valence-corrected chi connectivity index (χ0v) is 12.2. The molecule has 2 heterocycles. The molecule has 0 unspecified atom stereocenters. The minimum absolute atomic E-state index is 0.0787. The lowest BCUT2D eigenvalue weighted by atomic mass is 10.4. The number of carboxylic acids is 1. The van der Waals surface area contributed by atoms with Crippen LogP contribution in [0.1, 0.15) is 21.1 Å². The van der Waals surface area contributed by atoms with Crippen LogP contribution in [0.15, 0.2) is 22.4 Å². The fraction of sp³-hybridized carbons (Fsp3) is 0.182. The Morgan fingerprint density at radius 2 is 1.90 bits per heavy atom. The molecule has 0 aromatic carbocycles. The van der Waals surface area contributed by atoms with Crippen molar-refractivity contribution in [2.45, 2.75) is 18.7 Å². The van der Waals surface area contributed by atoms with Crippen molar-refractivity contribution in [2.24, 2.45) is 0 Å². The largest absolute Gasteiger partial charge is 0.477 e. The molecule has 0 saturated heterocycles. The Bertz CT molecular complexity index is 747. The van der Waals surface area contributed by atoms with Crippen molar-refractivity contribution in [3.05, 3.63) is 33.8 Å². The quantitative estimate of drug-likeness (QED) is 0.888. The lowest BCUT2D eigenvalue weighted by molar-refractivity contribution is 0.0698. The molecule has 2 N–H and O–H groups in total. The Morgan fingerprint density at radius 3 is 2.45 bits per heavy atom. The van der Waals surface area contributed by atoms with Crippen LogP contribution >= 0.6 is 11.3 Å². The maximum absolute atomic E-state index is 12.2. The number of sulfonamides is 1. The van der Waals surface area contributed by atoms with Gasteiger partial charge in [-0.1, -0.05) is 0 Å². The van der Waals surface area contributed by atoms with E-state index in [4.69, 9.17) is 5.11 Å². The van der Waals surface area contributed by atoms with Gasteiger partial charge in [0.1, 0.15) is 9.77 Å². The van der Waals surface area contributed by atoms with Gasteiger partial charge in [-0.25, -0.2) is 27.9 Å². The Balaban J connectivity index is 2.41. The topological polar surface area (TPSA) is 109 Å². The van der Waals surface area contributed by atoms with Crippen LogP contribution in [0, 0.1) is 13.8 Å². The average Bonchev–Trinajstić information content (AvgIpc) is 2.75. The first kappa shape index (κ1) is 14.4. The number of nitrogens with zero attached hydrogens (tertiary/aromatic N) is 2. The summed E-state index contributed by atoms with van der Waals surface area (Å²) in [6, 6.07) is 2.93. The highest BCUT2D eigenvalue weighted by molar-refractivity contribution is 7.93. The van der Waals surface area contributed by atoms with Crippen LogP contribution in [0.2, 0.25) is 0 Å². The lowest BCUT2D eigenvalue weighted by Gasteiger charge is -2.07. The number of hydrogen-bond donors (Lipinski definition) is 2. The zero-order valence-electron chi connectivity index (χ0n) is 10.6. The van der Waals surface area contributed by atoms with Gasteiger partial charge in [-0.15, -0.1) is 11.3 Å². The number of anilines is 1. The van der Waals surface area contributed by atoms with E-state index >= 15 is 0 Å². The summed E-state index contributed by atoms with van der Waals surface area (Å²) < 4.78 is 26.5. The summed E-state index contributed by atoms with van der Waals surface area (Å²) in [5.74, 6) is -1.37. The molecule has 0 saturated carbocycles. The van der Waals surface area contributed by atoms with Crippen LogP contribution in [0.5, 0.6) is 0 Å². The van der Waals surface area contributed by atoms with Gasteiger partial charge in [0.2, 0.25) is 5.95 Å². The van der Waals surface area contributed by atoms with Gasteiger partial charge in [-0.05, 0) is 31.4 Å². The number of thiophene rings is 1. The van der Waals surface area contributed by atoms with E-state index in [1.54, 1.807) is 19.9 Å². The summed E-state index contributed by atoms with van der Waals surface area (Å²) in [5.41, 5.74) is 1.22. The van der Waals surface area contributed by atoms with E-state index in [0.29, 0.717) is 11.4 Å². The number of nitrogens with one attached hydrogen (secondary N) is 1. The Labute approximate surface area is 119 Å². The van der Waals surface area contributed by atoms with E-state index in [-0.39, 0.29) is 15.7 Å². The second-order valence-corrected chi connectivity index (χ2v) is 6.57. The highest BCUT2D eigenvalue weighted by Crippen LogP contribution is 2.23. The molecule has 2 aromatic rings. The average molecular weight is 313 g/mol. The summed E-state index contributed by atoms with van der Waals surface area (Å²) in [7, 11) is -4.02. The Hall–Kier alpha value is -2.00.